The Kier molecular flexibility index (Phi) is 2.96. The van der Waals surface area contributed by atoms with Crippen LogP contribution in [0.25, 0.3) is 0 Å². The van der Waals surface area contributed by atoms with Gasteiger partial charge in [0.2, 0.25) is 0 Å². The van der Waals surface area contributed by atoms with Crippen molar-refractivity contribution in [2.24, 2.45) is 0 Å². The van der Waals surface area contributed by atoms with Crippen molar-refractivity contribution in [2.75, 3.05) is 32.8 Å². The van der Waals surface area contributed by atoms with Crippen LogP contribution in [0.1, 0.15) is 6.92 Å². The molecule has 3 nitrogen and oxygen atoms in total. The van der Waals surface area contributed by atoms with Crippen LogP contribution in [-0.4, -0.2) is 37.7 Å². The Morgan fingerprint density at radius 3 is 1.91 bits per heavy atom. The molecule has 0 aliphatic carbocycles. The average Bonchev–Trinajstić information content (AvgIpc) is 1.57. The second kappa shape index (κ2) is 2.81. The fourth-order valence-electron chi connectivity index (χ4n) is 0.619. The Labute approximate surface area is 68.7 Å². The molecule has 0 fully saturated rings. The SMILES string of the molecule is CCP(C)(C)(C)OP(C)(=O)O. The molecule has 0 saturated heterocycles. The normalized spacial score (nSPS) is 21.8. The Bertz CT molecular complexity index is 186. The molecule has 70 valence electrons. The number of hydrogen-bond donors (Lipinski definition) is 1. The van der Waals surface area contributed by atoms with Crippen LogP contribution in [0.4, 0.5) is 0 Å². The summed E-state index contributed by atoms with van der Waals surface area (Å²) in [6.45, 7) is 6.76. The van der Waals surface area contributed by atoms with Crippen molar-refractivity contribution in [3.63, 3.8) is 0 Å². The van der Waals surface area contributed by atoms with Crippen LogP contribution in [0.2, 0.25) is 0 Å². The summed E-state index contributed by atoms with van der Waals surface area (Å²) in [4.78, 5) is 9.02. The van der Waals surface area contributed by atoms with Gasteiger partial charge in [0.05, 0.1) is 0 Å². The van der Waals surface area contributed by atoms with Gasteiger partial charge in [-0.1, -0.05) is 0 Å². The van der Waals surface area contributed by atoms with Gasteiger partial charge in [0.15, 0.2) is 0 Å². The zero-order valence-corrected chi connectivity index (χ0v) is 9.65. The molecule has 0 aromatic heterocycles. The van der Waals surface area contributed by atoms with E-state index in [9.17, 15) is 4.57 Å². The minimum atomic E-state index is -3.31. The molecule has 0 spiro atoms. The predicted octanol–water partition coefficient (Wildman–Crippen LogP) is 2.20. The molecule has 1 atom stereocenters. The second-order valence-electron chi connectivity index (χ2n) is 4.17. The van der Waals surface area contributed by atoms with Gasteiger partial charge >= 0.3 is 67.9 Å². The molecular formula is C6H18O3P2. The van der Waals surface area contributed by atoms with E-state index in [-0.39, 0.29) is 0 Å². The molecule has 0 heterocycles. The maximum atomic E-state index is 11.0. The summed E-state index contributed by atoms with van der Waals surface area (Å²) in [5.74, 6) is 0. The summed E-state index contributed by atoms with van der Waals surface area (Å²) < 4.78 is 16.2. The standard InChI is InChI=1S/C6H18O3P2/c1-6-11(3,4,5)9-10(2,7)8/h6H2,1-5H3,(H,7,8). The van der Waals surface area contributed by atoms with Crippen molar-refractivity contribution in [3.05, 3.63) is 0 Å². The summed E-state index contributed by atoms with van der Waals surface area (Å²) in [5, 5.41) is 0. The first-order valence-corrected chi connectivity index (χ1v) is 9.27. The molecular weight excluding hydrogens is 182 g/mol. The van der Waals surface area contributed by atoms with Gasteiger partial charge in [-0.05, 0) is 0 Å². The Hall–Kier alpha value is 0.580. The van der Waals surface area contributed by atoms with E-state index in [1.807, 2.05) is 26.9 Å². The maximum absolute atomic E-state index is 11.0. The fraction of sp³-hybridized carbons (Fsp3) is 1.00. The Morgan fingerprint density at radius 1 is 1.45 bits per heavy atom. The van der Waals surface area contributed by atoms with Crippen molar-refractivity contribution in [3.8, 4) is 0 Å². The summed E-state index contributed by atoms with van der Waals surface area (Å²) in [6, 6.07) is 0. The first-order valence-electron chi connectivity index (χ1n) is 3.56. The van der Waals surface area contributed by atoms with Crippen LogP contribution in [0.3, 0.4) is 0 Å². The topological polar surface area (TPSA) is 46.5 Å². The van der Waals surface area contributed by atoms with Gasteiger partial charge in [0.1, 0.15) is 0 Å². The Balaban J connectivity index is 4.49. The molecule has 0 aromatic carbocycles. The predicted molar refractivity (Wildman–Crippen MR) is 52.1 cm³/mol. The molecule has 0 saturated carbocycles. The third-order valence-corrected chi connectivity index (χ3v) is 7.32. The molecule has 0 aliphatic heterocycles. The minimum absolute atomic E-state index is 0.823. The van der Waals surface area contributed by atoms with E-state index in [0.717, 1.165) is 6.16 Å². The van der Waals surface area contributed by atoms with Crippen LogP contribution in [0.15, 0.2) is 0 Å². The third-order valence-electron chi connectivity index (χ3n) is 1.53. The van der Waals surface area contributed by atoms with Crippen LogP contribution >= 0.6 is 14.4 Å². The summed E-state index contributed by atoms with van der Waals surface area (Å²) >= 11 is 0. The van der Waals surface area contributed by atoms with Crippen molar-refractivity contribution in [1.82, 2.24) is 0 Å². The fourth-order valence-corrected chi connectivity index (χ4v) is 5.57. The van der Waals surface area contributed by atoms with Crippen molar-refractivity contribution < 1.29 is 13.8 Å². The van der Waals surface area contributed by atoms with E-state index < -0.39 is 14.4 Å². The van der Waals surface area contributed by atoms with Gasteiger partial charge in [-0.3, -0.25) is 0 Å². The average molecular weight is 200 g/mol. The van der Waals surface area contributed by atoms with Gasteiger partial charge in [0, 0.05) is 0 Å². The number of rotatable bonds is 3. The molecule has 0 bridgehead atoms. The molecule has 0 aromatic rings. The van der Waals surface area contributed by atoms with E-state index in [1.54, 1.807) is 0 Å². The molecule has 11 heavy (non-hydrogen) atoms. The second-order valence-corrected chi connectivity index (χ2v) is 13.0. The van der Waals surface area contributed by atoms with Crippen LogP contribution in [0, 0.1) is 0 Å². The van der Waals surface area contributed by atoms with Gasteiger partial charge in [0.25, 0.3) is 0 Å². The van der Waals surface area contributed by atoms with Crippen LogP contribution in [-0.2, 0) is 8.88 Å². The summed E-state index contributed by atoms with van der Waals surface area (Å²) in [7, 11) is -3.31. The van der Waals surface area contributed by atoms with E-state index in [1.165, 1.54) is 6.66 Å². The van der Waals surface area contributed by atoms with Gasteiger partial charge in [-0.2, -0.15) is 0 Å². The number of hydrogen-bond acceptors (Lipinski definition) is 2. The molecule has 0 rings (SSSR count). The van der Waals surface area contributed by atoms with Crippen molar-refractivity contribution >= 4 is 14.4 Å². The summed E-state index contributed by atoms with van der Waals surface area (Å²) in [6.07, 6.45) is 0.823. The van der Waals surface area contributed by atoms with Gasteiger partial charge in [-0.15, -0.1) is 0 Å². The van der Waals surface area contributed by atoms with Crippen LogP contribution in [0.5, 0.6) is 0 Å². The molecule has 0 radical (unpaired) electrons. The molecule has 0 amide bonds. The first kappa shape index (κ1) is 11.6. The van der Waals surface area contributed by atoms with E-state index in [2.05, 4.69) is 0 Å². The van der Waals surface area contributed by atoms with E-state index in [0.29, 0.717) is 0 Å². The molecule has 0 aliphatic rings. The summed E-state index contributed by atoms with van der Waals surface area (Å²) in [5.41, 5.74) is 0. The van der Waals surface area contributed by atoms with E-state index in [4.69, 9.17) is 9.20 Å². The van der Waals surface area contributed by atoms with Gasteiger partial charge in [-0.25, -0.2) is 0 Å². The monoisotopic (exact) mass is 200 g/mol. The quantitative estimate of drug-likeness (QED) is 0.710. The zero-order valence-electron chi connectivity index (χ0n) is 7.87. The molecule has 1 N–H and O–H groups in total. The molecule has 1 unspecified atom stereocenters. The van der Waals surface area contributed by atoms with Crippen molar-refractivity contribution in [1.29, 1.82) is 0 Å². The molecule has 5 heteroatoms. The zero-order chi connectivity index (χ0) is 9.36. The first-order chi connectivity index (χ1) is 4.53. The Morgan fingerprint density at radius 2 is 1.82 bits per heavy atom. The third kappa shape index (κ3) is 5.81. The van der Waals surface area contributed by atoms with Crippen LogP contribution < -0.4 is 0 Å². The van der Waals surface area contributed by atoms with Gasteiger partial charge < -0.3 is 0 Å². The van der Waals surface area contributed by atoms with Crippen molar-refractivity contribution in [2.45, 2.75) is 6.92 Å². The van der Waals surface area contributed by atoms with E-state index >= 15 is 0 Å².